The Bertz CT molecular complexity index is 266. The summed E-state index contributed by atoms with van der Waals surface area (Å²) in [6.07, 6.45) is 0. The number of rotatable bonds is 7. The van der Waals surface area contributed by atoms with Crippen molar-refractivity contribution >= 4 is 10.2 Å². The molecule has 0 aromatic carbocycles. The van der Waals surface area contributed by atoms with Crippen LogP contribution in [0.1, 0.15) is 13.8 Å². The Balaban J connectivity index is 4.48. The second-order valence-electron chi connectivity index (χ2n) is 3.62. The molecule has 0 amide bonds. The van der Waals surface area contributed by atoms with Crippen molar-refractivity contribution in [3.8, 4) is 0 Å². The molecule has 1 unspecified atom stereocenters. The molecule has 0 spiro atoms. The Morgan fingerprint density at radius 2 is 2.00 bits per heavy atom. The predicted octanol–water partition coefficient (Wildman–Crippen LogP) is -0.865. The highest BCUT2D eigenvalue weighted by Crippen LogP contribution is 2.01. The Labute approximate surface area is 92.0 Å². The van der Waals surface area contributed by atoms with Crippen molar-refractivity contribution in [3.63, 3.8) is 0 Å². The summed E-state index contributed by atoms with van der Waals surface area (Å²) in [7, 11) is -0.445. The van der Waals surface area contributed by atoms with E-state index in [2.05, 4.69) is 4.72 Å². The highest BCUT2D eigenvalue weighted by atomic mass is 32.2. The van der Waals surface area contributed by atoms with Gasteiger partial charge in [0.25, 0.3) is 10.2 Å². The maximum atomic E-state index is 11.7. The normalized spacial score (nSPS) is 14.9. The zero-order chi connectivity index (χ0) is 12.1. The fraction of sp³-hybridized carbons (Fsp3) is 1.00. The van der Waals surface area contributed by atoms with Crippen molar-refractivity contribution in [2.75, 3.05) is 27.3 Å². The van der Waals surface area contributed by atoms with E-state index in [-0.39, 0.29) is 25.2 Å². The van der Waals surface area contributed by atoms with Gasteiger partial charge in [-0.25, -0.2) is 0 Å². The van der Waals surface area contributed by atoms with Crippen molar-refractivity contribution in [2.24, 2.45) is 5.73 Å². The van der Waals surface area contributed by atoms with Gasteiger partial charge in [0, 0.05) is 26.7 Å². The molecule has 3 N–H and O–H groups in total. The summed E-state index contributed by atoms with van der Waals surface area (Å²) >= 11 is 0. The molecule has 6 nitrogen and oxygen atoms in total. The lowest BCUT2D eigenvalue weighted by molar-refractivity contribution is 0.176. The molecule has 0 saturated heterocycles. The summed E-state index contributed by atoms with van der Waals surface area (Å²) < 4.78 is 32.0. The quantitative estimate of drug-likeness (QED) is 0.605. The summed E-state index contributed by atoms with van der Waals surface area (Å²) in [6.45, 7) is 4.07. The van der Waals surface area contributed by atoms with E-state index >= 15 is 0 Å². The van der Waals surface area contributed by atoms with Gasteiger partial charge in [0.15, 0.2) is 0 Å². The van der Waals surface area contributed by atoms with Gasteiger partial charge in [-0.1, -0.05) is 0 Å². The molecule has 15 heavy (non-hydrogen) atoms. The first-order valence-corrected chi connectivity index (χ1v) is 6.23. The first-order chi connectivity index (χ1) is 6.85. The van der Waals surface area contributed by atoms with Gasteiger partial charge in [0.05, 0.1) is 12.6 Å². The van der Waals surface area contributed by atoms with Crippen LogP contribution in [-0.2, 0) is 14.9 Å². The lowest BCUT2D eigenvalue weighted by atomic mass is 10.3. The Kier molecular flexibility index (Phi) is 6.30. The number of ether oxygens (including phenoxy) is 1. The summed E-state index contributed by atoms with van der Waals surface area (Å²) in [5, 5.41) is 0. The highest BCUT2D eigenvalue weighted by molar-refractivity contribution is 7.87. The van der Waals surface area contributed by atoms with E-state index in [9.17, 15) is 8.42 Å². The number of nitrogens with one attached hydrogen (secondary N) is 1. The van der Waals surface area contributed by atoms with Gasteiger partial charge >= 0.3 is 0 Å². The molecule has 0 saturated carbocycles. The molecule has 0 aliphatic heterocycles. The third kappa shape index (κ3) is 4.89. The molecule has 0 radical (unpaired) electrons. The number of hydrogen-bond acceptors (Lipinski definition) is 4. The topological polar surface area (TPSA) is 84.7 Å². The molecule has 0 aromatic heterocycles. The van der Waals surface area contributed by atoms with Gasteiger partial charge in [0.2, 0.25) is 0 Å². The predicted molar refractivity (Wildman–Crippen MR) is 59.7 cm³/mol. The summed E-state index contributed by atoms with van der Waals surface area (Å²) in [4.78, 5) is 0. The standard InChI is InChI=1S/C8H21N3O3S/c1-7(2)11(3)15(12,13)10-8(5-9)6-14-4/h7-8,10H,5-6,9H2,1-4H3. The second kappa shape index (κ2) is 6.39. The highest BCUT2D eigenvalue weighted by Gasteiger charge is 2.23. The molecule has 1 atom stereocenters. The van der Waals surface area contributed by atoms with E-state index in [0.717, 1.165) is 0 Å². The average Bonchev–Trinajstić information content (AvgIpc) is 2.15. The zero-order valence-corrected chi connectivity index (χ0v) is 10.5. The van der Waals surface area contributed by atoms with Gasteiger partial charge in [-0.3, -0.25) is 0 Å². The maximum absolute atomic E-state index is 11.7. The van der Waals surface area contributed by atoms with Gasteiger partial charge in [-0.2, -0.15) is 17.4 Å². The molecule has 0 aromatic rings. The van der Waals surface area contributed by atoms with E-state index in [1.54, 1.807) is 13.8 Å². The smallest absolute Gasteiger partial charge is 0.279 e. The van der Waals surface area contributed by atoms with E-state index in [1.807, 2.05) is 0 Å². The van der Waals surface area contributed by atoms with Crippen LogP contribution in [0.15, 0.2) is 0 Å². The average molecular weight is 239 g/mol. The zero-order valence-electron chi connectivity index (χ0n) is 9.73. The summed E-state index contributed by atoms with van der Waals surface area (Å²) in [6, 6.07) is -0.482. The molecule has 0 heterocycles. The minimum atomic E-state index is -3.47. The first-order valence-electron chi connectivity index (χ1n) is 4.79. The number of nitrogens with zero attached hydrogens (tertiary/aromatic N) is 1. The number of methoxy groups -OCH3 is 1. The van der Waals surface area contributed by atoms with Crippen molar-refractivity contribution < 1.29 is 13.2 Å². The summed E-state index contributed by atoms with van der Waals surface area (Å²) in [5.41, 5.74) is 5.42. The Morgan fingerprint density at radius 1 is 1.47 bits per heavy atom. The molecular formula is C8H21N3O3S. The van der Waals surface area contributed by atoms with Crippen LogP contribution in [0.2, 0.25) is 0 Å². The molecular weight excluding hydrogens is 218 g/mol. The molecule has 7 heteroatoms. The van der Waals surface area contributed by atoms with Gasteiger partial charge in [0.1, 0.15) is 0 Å². The third-order valence-electron chi connectivity index (χ3n) is 2.07. The second-order valence-corrected chi connectivity index (χ2v) is 5.38. The van der Waals surface area contributed by atoms with Crippen LogP contribution in [0, 0.1) is 0 Å². The van der Waals surface area contributed by atoms with E-state index < -0.39 is 10.2 Å². The van der Waals surface area contributed by atoms with Crippen molar-refractivity contribution in [1.29, 1.82) is 0 Å². The van der Waals surface area contributed by atoms with Crippen molar-refractivity contribution in [3.05, 3.63) is 0 Å². The maximum Gasteiger partial charge on any atom is 0.279 e. The van der Waals surface area contributed by atoms with Crippen LogP contribution in [-0.4, -0.2) is 52.1 Å². The van der Waals surface area contributed by atoms with Crippen LogP contribution in [0.3, 0.4) is 0 Å². The molecule has 0 rings (SSSR count). The van der Waals surface area contributed by atoms with Gasteiger partial charge < -0.3 is 10.5 Å². The third-order valence-corrected chi connectivity index (χ3v) is 3.89. The fourth-order valence-corrected chi connectivity index (χ4v) is 2.23. The number of hydrogen-bond donors (Lipinski definition) is 2. The Morgan fingerprint density at radius 3 is 2.33 bits per heavy atom. The molecule has 0 fully saturated rings. The minimum absolute atomic E-state index is 0.0940. The largest absolute Gasteiger partial charge is 0.383 e. The van der Waals surface area contributed by atoms with Gasteiger partial charge in [-0.05, 0) is 13.8 Å². The lowest BCUT2D eigenvalue weighted by Gasteiger charge is -2.24. The van der Waals surface area contributed by atoms with Crippen LogP contribution in [0.5, 0.6) is 0 Å². The van der Waals surface area contributed by atoms with Crippen LogP contribution >= 0.6 is 0 Å². The van der Waals surface area contributed by atoms with Crippen molar-refractivity contribution in [2.45, 2.75) is 25.9 Å². The SMILES string of the molecule is COCC(CN)NS(=O)(=O)N(C)C(C)C. The lowest BCUT2D eigenvalue weighted by Crippen LogP contribution is -2.50. The van der Waals surface area contributed by atoms with Crippen LogP contribution in [0.25, 0.3) is 0 Å². The van der Waals surface area contributed by atoms with E-state index in [1.165, 1.54) is 18.5 Å². The molecule has 0 bridgehead atoms. The monoisotopic (exact) mass is 239 g/mol. The van der Waals surface area contributed by atoms with E-state index in [4.69, 9.17) is 10.5 Å². The minimum Gasteiger partial charge on any atom is -0.383 e. The molecule has 0 aliphatic carbocycles. The molecule has 0 aliphatic rings. The Hall–Kier alpha value is -0.210. The fourth-order valence-electron chi connectivity index (χ4n) is 0.923. The van der Waals surface area contributed by atoms with Crippen molar-refractivity contribution in [1.82, 2.24) is 9.03 Å². The van der Waals surface area contributed by atoms with Crippen LogP contribution in [0.4, 0.5) is 0 Å². The van der Waals surface area contributed by atoms with Crippen LogP contribution < -0.4 is 10.5 Å². The van der Waals surface area contributed by atoms with E-state index in [0.29, 0.717) is 0 Å². The first kappa shape index (κ1) is 14.8. The van der Waals surface area contributed by atoms with Gasteiger partial charge in [-0.15, -0.1) is 0 Å². The number of nitrogens with two attached hydrogens (primary N) is 1. The summed E-state index contributed by atoms with van der Waals surface area (Å²) in [5.74, 6) is 0. The molecule has 92 valence electrons.